The third kappa shape index (κ3) is 2.16. The number of aromatic nitrogens is 2. The summed E-state index contributed by atoms with van der Waals surface area (Å²) >= 11 is 0. The monoisotopic (exact) mass is 352 g/mol. The number of fused-ring (bicyclic) bond motifs is 3. The second kappa shape index (κ2) is 5.68. The zero-order valence-electron chi connectivity index (χ0n) is 14.7. The van der Waals surface area contributed by atoms with E-state index in [1.54, 1.807) is 10.7 Å². The highest BCUT2D eigenvalue weighted by Gasteiger charge is 2.36. The second-order valence-electron chi connectivity index (χ2n) is 6.70. The average molecular weight is 352 g/mol. The molecule has 4 nitrogen and oxygen atoms in total. The summed E-state index contributed by atoms with van der Waals surface area (Å²) in [6.07, 6.45) is 0. The quantitative estimate of drug-likeness (QED) is 0.479. The van der Waals surface area contributed by atoms with Crippen molar-refractivity contribution < 1.29 is 4.79 Å². The van der Waals surface area contributed by atoms with Crippen LogP contribution in [0.1, 0.15) is 21.5 Å². The van der Waals surface area contributed by atoms with E-state index in [1.807, 2.05) is 84.4 Å². The van der Waals surface area contributed by atoms with Gasteiger partial charge in [-0.15, -0.1) is 0 Å². The molecule has 130 valence electrons. The molecule has 0 fully saturated rings. The van der Waals surface area contributed by atoms with Gasteiger partial charge in [-0.25, -0.2) is 9.36 Å². The van der Waals surface area contributed by atoms with E-state index in [0.29, 0.717) is 11.3 Å². The molecular weight excluding hydrogens is 336 g/mol. The molecule has 1 aliphatic carbocycles. The molecule has 5 rings (SSSR count). The number of nitrogens with zero attached hydrogens (tertiary/aromatic N) is 2. The van der Waals surface area contributed by atoms with Crippen molar-refractivity contribution in [1.82, 2.24) is 9.36 Å². The van der Waals surface area contributed by atoms with E-state index in [1.165, 1.54) is 0 Å². The smallest absolute Gasteiger partial charge is 0.283 e. The molecule has 0 saturated carbocycles. The summed E-state index contributed by atoms with van der Waals surface area (Å²) in [6.45, 7) is 2.00. The largest absolute Gasteiger partial charge is 0.288 e. The second-order valence-corrected chi connectivity index (χ2v) is 6.70. The first-order valence-electron chi connectivity index (χ1n) is 8.81. The maximum absolute atomic E-state index is 13.3. The summed E-state index contributed by atoms with van der Waals surface area (Å²) in [5.74, 6) is -0.207. The van der Waals surface area contributed by atoms with Crippen molar-refractivity contribution >= 4 is 5.78 Å². The maximum Gasteiger partial charge on any atom is 0.283 e. The Kier molecular flexibility index (Phi) is 3.28. The van der Waals surface area contributed by atoms with Gasteiger partial charge in [-0.3, -0.25) is 9.59 Å². The number of hydrogen-bond donors (Lipinski definition) is 0. The van der Waals surface area contributed by atoms with Crippen LogP contribution in [0.5, 0.6) is 0 Å². The molecule has 0 radical (unpaired) electrons. The molecule has 4 aromatic rings. The van der Waals surface area contributed by atoms with E-state index in [-0.39, 0.29) is 16.9 Å². The summed E-state index contributed by atoms with van der Waals surface area (Å²) in [6, 6.07) is 24.8. The average Bonchev–Trinajstić information content (AvgIpc) is 3.17. The molecule has 0 atom stereocenters. The predicted octanol–water partition coefficient (Wildman–Crippen LogP) is 4.15. The van der Waals surface area contributed by atoms with Crippen LogP contribution in [-0.4, -0.2) is 15.1 Å². The van der Waals surface area contributed by atoms with Gasteiger partial charge in [-0.1, -0.05) is 60.2 Å². The maximum atomic E-state index is 13.3. The van der Waals surface area contributed by atoms with E-state index in [9.17, 15) is 9.59 Å². The summed E-state index contributed by atoms with van der Waals surface area (Å²) in [5.41, 5.74) is 4.66. The lowest BCUT2D eigenvalue weighted by molar-refractivity contribution is 0.104. The lowest BCUT2D eigenvalue weighted by Crippen LogP contribution is -2.23. The Hall–Kier alpha value is -3.66. The minimum absolute atomic E-state index is 0.207. The molecule has 0 aliphatic heterocycles. The van der Waals surface area contributed by atoms with Crippen molar-refractivity contribution in [1.29, 1.82) is 0 Å². The van der Waals surface area contributed by atoms with Gasteiger partial charge in [-0.2, -0.15) is 0 Å². The van der Waals surface area contributed by atoms with Crippen LogP contribution in [-0.2, 0) is 0 Å². The minimum atomic E-state index is -0.293. The predicted molar refractivity (Wildman–Crippen MR) is 105 cm³/mol. The number of carbonyl (C=O) groups excluding carboxylic acids is 1. The molecule has 4 heteroatoms. The van der Waals surface area contributed by atoms with E-state index in [2.05, 4.69) is 0 Å². The van der Waals surface area contributed by atoms with Gasteiger partial charge < -0.3 is 0 Å². The number of rotatable bonds is 2. The number of carbonyl (C=O) groups is 1. The van der Waals surface area contributed by atoms with E-state index in [0.717, 1.165) is 22.5 Å². The highest BCUT2D eigenvalue weighted by molar-refractivity contribution is 6.21. The highest BCUT2D eigenvalue weighted by atomic mass is 16.2. The Morgan fingerprint density at radius 2 is 1.22 bits per heavy atom. The first-order valence-corrected chi connectivity index (χ1v) is 8.81. The van der Waals surface area contributed by atoms with Crippen LogP contribution in [0.4, 0.5) is 0 Å². The molecule has 1 aliphatic rings. The van der Waals surface area contributed by atoms with Crippen molar-refractivity contribution in [2.45, 2.75) is 6.92 Å². The third-order valence-corrected chi connectivity index (χ3v) is 4.99. The Morgan fingerprint density at radius 1 is 0.630 bits per heavy atom. The van der Waals surface area contributed by atoms with Crippen LogP contribution in [0.3, 0.4) is 0 Å². The molecule has 0 N–H and O–H groups in total. The number of benzene rings is 3. The summed E-state index contributed by atoms with van der Waals surface area (Å²) in [4.78, 5) is 26.3. The van der Waals surface area contributed by atoms with Crippen LogP contribution in [0, 0.1) is 6.92 Å². The number of ketones is 1. The first-order chi connectivity index (χ1) is 13.2. The van der Waals surface area contributed by atoms with Gasteiger partial charge in [0.2, 0.25) is 5.78 Å². The molecular formula is C23H16N2O2. The number of hydrogen-bond acceptors (Lipinski definition) is 2. The SMILES string of the molecule is Cc1ccc(-n2c(=O)c3c(n2-c2ccccc2)-c2ccccc2C3=O)cc1. The third-order valence-electron chi connectivity index (χ3n) is 4.99. The Bertz CT molecular complexity index is 1250. The molecule has 1 aromatic heterocycles. The standard InChI is InChI=1S/C23H16N2O2/c1-15-11-13-17(14-12-15)25-23(27)20-21(24(25)16-7-3-2-4-8-16)18-9-5-6-10-19(18)22(20)26/h2-14H,1H3. The van der Waals surface area contributed by atoms with Crippen molar-refractivity contribution in [3.05, 3.63) is 106 Å². The molecule has 1 heterocycles. The fraction of sp³-hybridized carbons (Fsp3) is 0.0435. The lowest BCUT2D eigenvalue weighted by atomic mass is 10.1. The van der Waals surface area contributed by atoms with Gasteiger partial charge in [0.05, 0.1) is 17.1 Å². The van der Waals surface area contributed by atoms with E-state index in [4.69, 9.17) is 0 Å². The van der Waals surface area contributed by atoms with Crippen molar-refractivity contribution in [3.63, 3.8) is 0 Å². The van der Waals surface area contributed by atoms with Crippen molar-refractivity contribution in [3.8, 4) is 22.6 Å². The van der Waals surface area contributed by atoms with E-state index >= 15 is 0 Å². The molecule has 27 heavy (non-hydrogen) atoms. The fourth-order valence-corrected chi connectivity index (χ4v) is 3.71. The molecule has 0 unspecified atom stereocenters. The zero-order chi connectivity index (χ0) is 18.5. The van der Waals surface area contributed by atoms with Crippen LogP contribution in [0.2, 0.25) is 0 Å². The van der Waals surface area contributed by atoms with Crippen LogP contribution >= 0.6 is 0 Å². The van der Waals surface area contributed by atoms with Gasteiger partial charge in [-0.05, 0) is 31.2 Å². The van der Waals surface area contributed by atoms with Gasteiger partial charge in [0, 0.05) is 11.1 Å². The normalized spacial score (nSPS) is 12.1. The van der Waals surface area contributed by atoms with Gasteiger partial charge in [0.15, 0.2) is 0 Å². The minimum Gasteiger partial charge on any atom is -0.288 e. The summed E-state index contributed by atoms with van der Waals surface area (Å²) in [7, 11) is 0. The number of aryl methyl sites for hydroxylation is 1. The van der Waals surface area contributed by atoms with E-state index < -0.39 is 0 Å². The summed E-state index contributed by atoms with van der Waals surface area (Å²) < 4.78 is 3.44. The highest BCUT2D eigenvalue weighted by Crippen LogP contribution is 2.37. The lowest BCUT2D eigenvalue weighted by Gasteiger charge is -2.15. The van der Waals surface area contributed by atoms with Crippen molar-refractivity contribution in [2.24, 2.45) is 0 Å². The van der Waals surface area contributed by atoms with Gasteiger partial charge in [0.1, 0.15) is 5.56 Å². The van der Waals surface area contributed by atoms with Crippen LogP contribution < -0.4 is 5.56 Å². The van der Waals surface area contributed by atoms with Gasteiger partial charge in [0.25, 0.3) is 5.56 Å². The molecule has 0 saturated heterocycles. The zero-order valence-corrected chi connectivity index (χ0v) is 14.7. The Labute approximate surface area is 155 Å². The summed E-state index contributed by atoms with van der Waals surface area (Å²) in [5, 5.41) is 0. The van der Waals surface area contributed by atoms with Crippen LogP contribution in [0.25, 0.3) is 22.6 Å². The number of para-hydroxylation sites is 1. The van der Waals surface area contributed by atoms with Crippen molar-refractivity contribution in [2.75, 3.05) is 0 Å². The fourth-order valence-electron chi connectivity index (χ4n) is 3.71. The topological polar surface area (TPSA) is 44.0 Å². The van der Waals surface area contributed by atoms with Gasteiger partial charge >= 0.3 is 0 Å². The first kappa shape index (κ1) is 15.6. The molecule has 0 amide bonds. The molecule has 0 bridgehead atoms. The molecule has 3 aromatic carbocycles. The van der Waals surface area contributed by atoms with Crippen LogP contribution in [0.15, 0.2) is 83.7 Å². The Morgan fingerprint density at radius 3 is 1.93 bits per heavy atom. The molecule has 0 spiro atoms. The Balaban J connectivity index is 1.93.